The molecule has 0 rings (SSSR count). The number of amides is 2. The highest BCUT2D eigenvalue weighted by atomic mass is 16.1. The highest BCUT2D eigenvalue weighted by Gasteiger charge is 1.99. The number of carbonyl (C=O) groups is 2. The van der Waals surface area contributed by atoms with Crippen LogP contribution in [0.1, 0.15) is 12.8 Å². The third-order valence-electron chi connectivity index (χ3n) is 1.68. The van der Waals surface area contributed by atoms with E-state index < -0.39 is 5.91 Å². The second kappa shape index (κ2) is 10.4. The Morgan fingerprint density at radius 3 is 1.76 bits per heavy atom. The van der Waals surface area contributed by atoms with E-state index in [0.717, 1.165) is 0 Å². The second-order valence-corrected chi connectivity index (χ2v) is 3.14. The lowest BCUT2D eigenvalue weighted by Crippen LogP contribution is -2.18. The van der Waals surface area contributed by atoms with E-state index in [4.69, 9.17) is 5.73 Å². The first-order valence-corrected chi connectivity index (χ1v) is 4.99. The van der Waals surface area contributed by atoms with Gasteiger partial charge >= 0.3 is 0 Å². The third-order valence-corrected chi connectivity index (χ3v) is 1.68. The second-order valence-electron chi connectivity index (χ2n) is 3.14. The quantitative estimate of drug-likeness (QED) is 0.541. The van der Waals surface area contributed by atoms with Crippen LogP contribution in [-0.2, 0) is 9.59 Å². The van der Waals surface area contributed by atoms with Gasteiger partial charge in [0.2, 0.25) is 11.8 Å². The summed E-state index contributed by atoms with van der Waals surface area (Å²) in [6.45, 7) is 13.8. The molecule has 0 aromatic heterocycles. The fourth-order valence-electron chi connectivity index (χ4n) is 0.719. The van der Waals surface area contributed by atoms with Gasteiger partial charge in [-0.15, -0.1) is 13.2 Å². The Kier molecular flexibility index (Phi) is 10.6. The molecule has 0 saturated carbocycles. The number of hydrogen-bond acceptors (Lipinski definition) is 2. The SMILES string of the molecule is C=CCC(=C)C(=O)NC.C=CCC(=C)C(N)=O. The molecule has 0 aliphatic heterocycles. The van der Waals surface area contributed by atoms with Crippen LogP contribution in [-0.4, -0.2) is 18.9 Å². The van der Waals surface area contributed by atoms with Crippen LogP contribution in [0.3, 0.4) is 0 Å². The summed E-state index contributed by atoms with van der Waals surface area (Å²) >= 11 is 0. The standard InChI is InChI=1S/C7H11NO.C6H9NO/c1-4-5-6(2)7(9)8-3;1-3-4-5(2)6(7)8/h4H,1-2,5H2,3H3,(H,8,9);3H,1-2,4H2,(H2,7,8). The van der Waals surface area contributed by atoms with E-state index in [2.05, 4.69) is 31.6 Å². The molecule has 0 radical (unpaired) electrons. The van der Waals surface area contributed by atoms with Gasteiger partial charge in [-0.25, -0.2) is 0 Å². The van der Waals surface area contributed by atoms with Gasteiger partial charge < -0.3 is 11.1 Å². The Morgan fingerprint density at radius 2 is 1.53 bits per heavy atom. The molecule has 0 spiro atoms. The minimum atomic E-state index is -0.454. The van der Waals surface area contributed by atoms with Gasteiger partial charge in [0.15, 0.2) is 0 Å². The van der Waals surface area contributed by atoms with Crippen LogP contribution in [0.4, 0.5) is 0 Å². The van der Waals surface area contributed by atoms with Gasteiger partial charge in [0.25, 0.3) is 0 Å². The van der Waals surface area contributed by atoms with Gasteiger partial charge in [-0.2, -0.15) is 0 Å². The Bertz CT molecular complexity index is 330. The minimum Gasteiger partial charge on any atom is -0.366 e. The van der Waals surface area contributed by atoms with Crippen molar-refractivity contribution in [2.75, 3.05) is 7.05 Å². The summed E-state index contributed by atoms with van der Waals surface area (Å²) in [5.74, 6) is -0.570. The predicted octanol–water partition coefficient (Wildman–Crippen LogP) is 1.47. The van der Waals surface area contributed by atoms with Crippen molar-refractivity contribution in [1.82, 2.24) is 5.32 Å². The average Bonchev–Trinajstić information content (AvgIpc) is 2.29. The molecule has 0 heterocycles. The van der Waals surface area contributed by atoms with Crippen LogP contribution in [0.2, 0.25) is 0 Å². The maximum absolute atomic E-state index is 10.6. The topological polar surface area (TPSA) is 72.2 Å². The number of allylic oxidation sites excluding steroid dienone is 2. The van der Waals surface area contributed by atoms with E-state index in [1.165, 1.54) is 0 Å². The number of nitrogens with two attached hydrogens (primary N) is 1. The number of primary amides is 1. The van der Waals surface area contributed by atoms with Crippen molar-refractivity contribution < 1.29 is 9.59 Å². The van der Waals surface area contributed by atoms with Crippen molar-refractivity contribution in [3.8, 4) is 0 Å². The summed E-state index contributed by atoms with van der Waals surface area (Å²) in [5, 5.41) is 2.46. The first-order valence-electron chi connectivity index (χ1n) is 4.99. The smallest absolute Gasteiger partial charge is 0.246 e. The van der Waals surface area contributed by atoms with Crippen molar-refractivity contribution in [2.24, 2.45) is 5.73 Å². The minimum absolute atomic E-state index is 0.116. The van der Waals surface area contributed by atoms with Crippen molar-refractivity contribution in [2.45, 2.75) is 12.8 Å². The average molecular weight is 236 g/mol. The van der Waals surface area contributed by atoms with Crippen molar-refractivity contribution in [1.29, 1.82) is 0 Å². The first-order chi connectivity index (χ1) is 7.90. The zero-order chi connectivity index (χ0) is 13.8. The molecule has 3 N–H and O–H groups in total. The largest absolute Gasteiger partial charge is 0.366 e. The Morgan fingerprint density at radius 1 is 1.12 bits per heavy atom. The highest BCUT2D eigenvalue weighted by Crippen LogP contribution is 1.96. The van der Waals surface area contributed by atoms with Gasteiger partial charge in [0, 0.05) is 18.2 Å². The summed E-state index contributed by atoms with van der Waals surface area (Å²) < 4.78 is 0. The van der Waals surface area contributed by atoms with Crippen LogP contribution in [0, 0.1) is 0 Å². The molecular weight excluding hydrogens is 216 g/mol. The molecule has 0 aromatic rings. The Hall–Kier alpha value is -2.10. The van der Waals surface area contributed by atoms with E-state index in [1.807, 2.05) is 0 Å². The lowest BCUT2D eigenvalue weighted by molar-refractivity contribution is -0.117. The number of hydrogen-bond donors (Lipinski definition) is 2. The first kappa shape index (κ1) is 17.3. The molecule has 0 fully saturated rings. The summed E-state index contributed by atoms with van der Waals surface area (Å²) in [4.78, 5) is 20.8. The van der Waals surface area contributed by atoms with Crippen molar-refractivity contribution in [3.63, 3.8) is 0 Å². The summed E-state index contributed by atoms with van der Waals surface area (Å²) in [6, 6.07) is 0. The van der Waals surface area contributed by atoms with Crippen LogP contribution in [0.15, 0.2) is 49.6 Å². The molecule has 0 atom stereocenters. The number of nitrogens with one attached hydrogen (secondary N) is 1. The van der Waals surface area contributed by atoms with Crippen LogP contribution >= 0.6 is 0 Å². The molecule has 2 amide bonds. The van der Waals surface area contributed by atoms with E-state index in [9.17, 15) is 9.59 Å². The molecular formula is C13H20N2O2. The molecule has 0 aliphatic rings. The van der Waals surface area contributed by atoms with Crippen LogP contribution in [0.5, 0.6) is 0 Å². The third kappa shape index (κ3) is 10.2. The van der Waals surface area contributed by atoms with Crippen LogP contribution in [0.25, 0.3) is 0 Å². The van der Waals surface area contributed by atoms with Crippen molar-refractivity contribution >= 4 is 11.8 Å². The van der Waals surface area contributed by atoms with Crippen molar-refractivity contribution in [3.05, 3.63) is 49.6 Å². The Balaban J connectivity index is 0. The van der Waals surface area contributed by atoms with Crippen LogP contribution < -0.4 is 11.1 Å². The van der Waals surface area contributed by atoms with E-state index in [-0.39, 0.29) is 5.91 Å². The van der Waals surface area contributed by atoms with E-state index >= 15 is 0 Å². The lowest BCUT2D eigenvalue weighted by atomic mass is 10.2. The molecule has 17 heavy (non-hydrogen) atoms. The molecule has 94 valence electrons. The van der Waals surface area contributed by atoms with Gasteiger partial charge in [0.05, 0.1) is 0 Å². The molecule has 4 nitrogen and oxygen atoms in total. The monoisotopic (exact) mass is 236 g/mol. The molecule has 0 aliphatic carbocycles. The molecule has 0 bridgehead atoms. The summed E-state index contributed by atoms with van der Waals surface area (Å²) in [7, 11) is 1.58. The zero-order valence-corrected chi connectivity index (χ0v) is 10.3. The van der Waals surface area contributed by atoms with Gasteiger partial charge in [-0.3, -0.25) is 9.59 Å². The van der Waals surface area contributed by atoms with Gasteiger partial charge in [-0.1, -0.05) is 25.3 Å². The maximum atomic E-state index is 10.6. The lowest BCUT2D eigenvalue weighted by Gasteiger charge is -1.97. The maximum Gasteiger partial charge on any atom is 0.246 e. The molecule has 0 aromatic carbocycles. The number of rotatable bonds is 6. The number of carbonyl (C=O) groups excluding carboxylic acids is 2. The summed E-state index contributed by atoms with van der Waals surface area (Å²) in [5.41, 5.74) is 5.79. The Labute approximate surface area is 103 Å². The van der Waals surface area contributed by atoms with E-state index in [1.54, 1.807) is 19.2 Å². The number of likely N-dealkylation sites (N-methyl/N-ethyl adjacent to an activating group) is 1. The van der Waals surface area contributed by atoms with Gasteiger partial charge in [-0.05, 0) is 12.8 Å². The molecule has 4 heteroatoms. The fourth-order valence-corrected chi connectivity index (χ4v) is 0.719. The normalized spacial score (nSPS) is 8.06. The predicted molar refractivity (Wildman–Crippen MR) is 71.2 cm³/mol. The highest BCUT2D eigenvalue weighted by molar-refractivity contribution is 5.92. The molecule has 0 unspecified atom stereocenters. The fraction of sp³-hybridized carbons (Fsp3) is 0.231. The summed E-state index contributed by atoms with van der Waals surface area (Å²) in [6.07, 6.45) is 4.28. The molecule has 0 saturated heterocycles. The van der Waals surface area contributed by atoms with Gasteiger partial charge in [0.1, 0.15) is 0 Å². The zero-order valence-electron chi connectivity index (χ0n) is 10.3. The van der Waals surface area contributed by atoms with E-state index in [0.29, 0.717) is 24.0 Å².